The van der Waals surface area contributed by atoms with Gasteiger partial charge in [-0.25, -0.2) is 4.98 Å². The average Bonchev–Trinajstić information content (AvgIpc) is 2.80. The van der Waals surface area contributed by atoms with Crippen LogP contribution in [0, 0.1) is 5.92 Å². The van der Waals surface area contributed by atoms with Crippen LogP contribution < -0.4 is 4.90 Å². The molecule has 2 fully saturated rings. The zero-order valence-electron chi connectivity index (χ0n) is 17.2. The van der Waals surface area contributed by atoms with Gasteiger partial charge in [0.05, 0.1) is 0 Å². The molecular formula is C24H32N4O. The lowest BCUT2D eigenvalue weighted by Gasteiger charge is -2.36. The van der Waals surface area contributed by atoms with Gasteiger partial charge in [0.15, 0.2) is 0 Å². The van der Waals surface area contributed by atoms with Gasteiger partial charge >= 0.3 is 0 Å². The minimum Gasteiger partial charge on any atom is -0.354 e. The van der Waals surface area contributed by atoms with Crippen molar-refractivity contribution in [3.8, 4) is 0 Å². The molecule has 0 unspecified atom stereocenters. The van der Waals surface area contributed by atoms with Crippen molar-refractivity contribution in [3.63, 3.8) is 0 Å². The van der Waals surface area contributed by atoms with E-state index in [0.717, 1.165) is 70.9 Å². The number of anilines is 1. The molecule has 0 N–H and O–H groups in total. The normalized spacial score (nSPS) is 18.8. The number of hydrogen-bond donors (Lipinski definition) is 0. The molecule has 4 rings (SSSR count). The molecule has 2 saturated heterocycles. The maximum Gasteiger partial charge on any atom is 0.223 e. The zero-order valence-corrected chi connectivity index (χ0v) is 17.2. The van der Waals surface area contributed by atoms with Crippen LogP contribution in [0.5, 0.6) is 0 Å². The standard InChI is InChI=1S/C24H32N4O/c29-24(28-14-9-22(10-15-28)20-21-6-2-1-3-7-21)11-13-26-16-18-27(19-17-26)23-8-4-5-12-25-23/h1-8,12,22H,9-11,13-20H2. The van der Waals surface area contributed by atoms with Crippen LogP contribution in [0.3, 0.4) is 0 Å². The van der Waals surface area contributed by atoms with Crippen LogP contribution in [0.25, 0.3) is 0 Å². The van der Waals surface area contributed by atoms with Crippen LogP contribution >= 0.6 is 0 Å². The summed E-state index contributed by atoms with van der Waals surface area (Å²) in [6.45, 7) is 6.69. The summed E-state index contributed by atoms with van der Waals surface area (Å²) in [5, 5.41) is 0. The third-order valence-electron chi connectivity index (χ3n) is 6.32. The summed E-state index contributed by atoms with van der Waals surface area (Å²) in [5.41, 5.74) is 1.42. The monoisotopic (exact) mass is 392 g/mol. The van der Waals surface area contributed by atoms with E-state index >= 15 is 0 Å². The molecule has 2 aliphatic heterocycles. The maximum absolute atomic E-state index is 12.7. The summed E-state index contributed by atoms with van der Waals surface area (Å²) < 4.78 is 0. The van der Waals surface area contributed by atoms with Crippen molar-refractivity contribution >= 4 is 11.7 Å². The Kier molecular flexibility index (Phi) is 6.78. The van der Waals surface area contributed by atoms with Gasteiger partial charge in [-0.15, -0.1) is 0 Å². The number of pyridine rings is 1. The highest BCUT2D eigenvalue weighted by molar-refractivity contribution is 5.76. The summed E-state index contributed by atoms with van der Waals surface area (Å²) in [6.07, 6.45) is 5.90. The van der Waals surface area contributed by atoms with Crippen molar-refractivity contribution in [2.24, 2.45) is 5.92 Å². The van der Waals surface area contributed by atoms with Crippen molar-refractivity contribution in [1.29, 1.82) is 0 Å². The van der Waals surface area contributed by atoms with Gasteiger partial charge in [-0.2, -0.15) is 0 Å². The Balaban J connectivity index is 1.15. The van der Waals surface area contributed by atoms with Crippen LogP contribution in [0.1, 0.15) is 24.8 Å². The van der Waals surface area contributed by atoms with E-state index in [0.29, 0.717) is 18.2 Å². The number of carbonyl (C=O) groups excluding carboxylic acids is 1. The molecule has 0 spiro atoms. The number of amides is 1. The van der Waals surface area contributed by atoms with E-state index in [-0.39, 0.29) is 0 Å². The summed E-state index contributed by atoms with van der Waals surface area (Å²) in [6, 6.07) is 16.8. The minimum absolute atomic E-state index is 0.329. The number of hydrogen-bond acceptors (Lipinski definition) is 4. The number of carbonyl (C=O) groups is 1. The van der Waals surface area contributed by atoms with Crippen LogP contribution in [-0.2, 0) is 11.2 Å². The highest BCUT2D eigenvalue weighted by Gasteiger charge is 2.24. The van der Waals surface area contributed by atoms with Crippen molar-refractivity contribution in [1.82, 2.24) is 14.8 Å². The number of likely N-dealkylation sites (tertiary alicyclic amines) is 1. The smallest absolute Gasteiger partial charge is 0.223 e. The Labute approximate surface area is 174 Å². The van der Waals surface area contributed by atoms with E-state index in [2.05, 4.69) is 56.1 Å². The zero-order chi connectivity index (χ0) is 19.9. The molecule has 5 heteroatoms. The van der Waals surface area contributed by atoms with Gasteiger partial charge in [-0.05, 0) is 42.9 Å². The van der Waals surface area contributed by atoms with Crippen molar-refractivity contribution in [2.75, 3.05) is 50.7 Å². The molecule has 0 bridgehead atoms. The lowest BCUT2D eigenvalue weighted by Crippen LogP contribution is -2.48. The van der Waals surface area contributed by atoms with Gasteiger partial charge < -0.3 is 9.80 Å². The summed E-state index contributed by atoms with van der Waals surface area (Å²) in [4.78, 5) is 23.9. The summed E-state index contributed by atoms with van der Waals surface area (Å²) in [5.74, 6) is 2.10. The van der Waals surface area contributed by atoms with Gasteiger partial charge in [-0.3, -0.25) is 9.69 Å². The van der Waals surface area contributed by atoms with Gasteiger partial charge in [0.1, 0.15) is 5.82 Å². The predicted molar refractivity (Wildman–Crippen MR) is 117 cm³/mol. The van der Waals surface area contributed by atoms with E-state index in [1.165, 1.54) is 5.56 Å². The van der Waals surface area contributed by atoms with E-state index in [9.17, 15) is 4.79 Å². The number of nitrogens with zero attached hydrogens (tertiary/aromatic N) is 4. The molecule has 0 atom stereocenters. The van der Waals surface area contributed by atoms with Crippen molar-refractivity contribution in [3.05, 3.63) is 60.3 Å². The van der Waals surface area contributed by atoms with Crippen LogP contribution in [0.2, 0.25) is 0 Å². The Morgan fingerprint density at radius 2 is 1.62 bits per heavy atom. The first-order valence-electron chi connectivity index (χ1n) is 11.0. The molecular weight excluding hydrogens is 360 g/mol. The predicted octanol–water partition coefficient (Wildman–Crippen LogP) is 3.08. The first-order valence-corrected chi connectivity index (χ1v) is 11.0. The maximum atomic E-state index is 12.7. The minimum atomic E-state index is 0.329. The second-order valence-corrected chi connectivity index (χ2v) is 8.28. The number of rotatable bonds is 6. The van der Waals surface area contributed by atoms with Gasteiger partial charge in [0.25, 0.3) is 0 Å². The molecule has 0 saturated carbocycles. The molecule has 2 aromatic rings. The second-order valence-electron chi connectivity index (χ2n) is 8.28. The fourth-order valence-corrected chi connectivity index (χ4v) is 4.49. The first kappa shape index (κ1) is 19.9. The Morgan fingerprint density at radius 3 is 2.31 bits per heavy atom. The molecule has 1 amide bonds. The fraction of sp³-hybridized carbons (Fsp3) is 0.500. The van der Waals surface area contributed by atoms with Crippen LogP contribution in [0.15, 0.2) is 54.7 Å². The van der Waals surface area contributed by atoms with Crippen molar-refractivity contribution < 1.29 is 4.79 Å². The number of benzene rings is 1. The third-order valence-corrected chi connectivity index (χ3v) is 6.32. The van der Waals surface area contributed by atoms with Crippen LogP contribution in [-0.4, -0.2) is 66.5 Å². The van der Waals surface area contributed by atoms with Gasteiger partial charge in [0.2, 0.25) is 5.91 Å². The molecule has 0 aliphatic carbocycles. The lowest BCUT2D eigenvalue weighted by atomic mass is 9.90. The molecule has 1 aromatic heterocycles. The van der Waals surface area contributed by atoms with E-state index in [4.69, 9.17) is 0 Å². The van der Waals surface area contributed by atoms with Crippen LogP contribution in [0.4, 0.5) is 5.82 Å². The molecule has 1 aromatic carbocycles. The molecule has 0 radical (unpaired) electrons. The lowest BCUT2D eigenvalue weighted by molar-refractivity contribution is -0.132. The third kappa shape index (κ3) is 5.57. The average molecular weight is 393 g/mol. The quantitative estimate of drug-likeness (QED) is 0.757. The number of aromatic nitrogens is 1. The summed E-state index contributed by atoms with van der Waals surface area (Å²) in [7, 11) is 0. The number of piperazine rings is 1. The van der Waals surface area contributed by atoms with E-state index in [1.807, 2.05) is 18.3 Å². The van der Waals surface area contributed by atoms with Gasteiger partial charge in [-0.1, -0.05) is 36.4 Å². The topological polar surface area (TPSA) is 39.7 Å². The number of piperidine rings is 1. The molecule has 5 nitrogen and oxygen atoms in total. The Morgan fingerprint density at radius 1 is 0.897 bits per heavy atom. The Hall–Kier alpha value is -2.40. The molecule has 154 valence electrons. The first-order chi connectivity index (χ1) is 14.3. The summed E-state index contributed by atoms with van der Waals surface area (Å²) >= 11 is 0. The molecule has 2 aliphatic rings. The van der Waals surface area contributed by atoms with Gasteiger partial charge in [0, 0.05) is 58.4 Å². The molecule has 29 heavy (non-hydrogen) atoms. The highest BCUT2D eigenvalue weighted by atomic mass is 16.2. The van der Waals surface area contributed by atoms with Crippen molar-refractivity contribution in [2.45, 2.75) is 25.7 Å². The largest absolute Gasteiger partial charge is 0.354 e. The Bertz CT molecular complexity index is 751. The van der Waals surface area contributed by atoms with E-state index < -0.39 is 0 Å². The second kappa shape index (κ2) is 9.88. The SMILES string of the molecule is O=C(CCN1CCN(c2ccccn2)CC1)N1CCC(Cc2ccccc2)CC1. The molecule has 3 heterocycles. The van der Waals surface area contributed by atoms with E-state index in [1.54, 1.807) is 0 Å². The fourth-order valence-electron chi connectivity index (χ4n) is 4.49. The highest BCUT2D eigenvalue weighted by Crippen LogP contribution is 2.22.